The lowest BCUT2D eigenvalue weighted by molar-refractivity contribution is 0.0713. The molecule has 0 saturated carbocycles. The summed E-state index contributed by atoms with van der Waals surface area (Å²) in [4.78, 5) is 19.0. The topological polar surface area (TPSA) is 115 Å². The Kier molecular flexibility index (Phi) is 7.70. The van der Waals surface area contributed by atoms with E-state index in [1.165, 1.54) is 19.2 Å². The van der Waals surface area contributed by atoms with Crippen LogP contribution in [0.2, 0.25) is 10.0 Å². The van der Waals surface area contributed by atoms with Gasteiger partial charge in [-0.25, -0.2) is 22.9 Å². The fraction of sp³-hybridized carbons (Fsp3) is 0.250. The van der Waals surface area contributed by atoms with E-state index in [1.54, 1.807) is 35.2 Å². The molecule has 0 unspecified atom stereocenters. The number of hydrogen-bond donors (Lipinski definition) is 2. The number of pyridine rings is 1. The van der Waals surface area contributed by atoms with Crippen LogP contribution in [-0.2, 0) is 10.0 Å². The Bertz CT molecular complexity index is 1400. The van der Waals surface area contributed by atoms with Crippen molar-refractivity contribution in [1.29, 1.82) is 0 Å². The lowest BCUT2D eigenvalue weighted by Crippen LogP contribution is -2.38. The Morgan fingerprint density at radius 2 is 1.83 bits per heavy atom. The first-order chi connectivity index (χ1) is 17.1. The van der Waals surface area contributed by atoms with Crippen LogP contribution in [-0.4, -0.2) is 44.4 Å². The Hall–Kier alpha value is -2.92. The zero-order chi connectivity index (χ0) is 26.0. The third-order valence-electron chi connectivity index (χ3n) is 6.05. The van der Waals surface area contributed by atoms with Gasteiger partial charge in [-0.2, -0.15) is 0 Å². The minimum absolute atomic E-state index is 0.0217. The SMILES string of the molecule is COc1ccc(Nc2c(C(=O)N3CCC(c4ccc(F)cc4)CC3)cnc(S(N)(=O)=O)c2Cl)c(Cl)c1. The maximum absolute atomic E-state index is 13.5. The number of halogens is 3. The van der Waals surface area contributed by atoms with Crippen molar-refractivity contribution >= 4 is 50.5 Å². The van der Waals surface area contributed by atoms with Crippen LogP contribution in [0.25, 0.3) is 0 Å². The quantitative estimate of drug-likeness (QED) is 0.447. The highest BCUT2D eigenvalue weighted by Crippen LogP contribution is 2.37. The van der Waals surface area contributed by atoms with Crippen LogP contribution in [0, 0.1) is 5.82 Å². The molecule has 0 spiro atoms. The number of aromatic nitrogens is 1. The highest BCUT2D eigenvalue weighted by Gasteiger charge is 2.29. The lowest BCUT2D eigenvalue weighted by atomic mass is 9.89. The molecule has 1 aliphatic rings. The average Bonchev–Trinajstić information content (AvgIpc) is 2.85. The fourth-order valence-electron chi connectivity index (χ4n) is 4.13. The van der Waals surface area contributed by atoms with E-state index in [4.69, 9.17) is 33.1 Å². The van der Waals surface area contributed by atoms with E-state index in [2.05, 4.69) is 10.3 Å². The van der Waals surface area contributed by atoms with Crippen molar-refractivity contribution in [2.24, 2.45) is 5.14 Å². The summed E-state index contributed by atoms with van der Waals surface area (Å²) < 4.78 is 42.5. The smallest absolute Gasteiger partial charge is 0.257 e. The summed E-state index contributed by atoms with van der Waals surface area (Å²) in [6.07, 6.45) is 2.50. The van der Waals surface area contributed by atoms with E-state index >= 15 is 0 Å². The predicted octanol–water partition coefficient (Wildman–Crippen LogP) is 4.95. The van der Waals surface area contributed by atoms with Crippen LogP contribution < -0.4 is 15.2 Å². The molecule has 1 fully saturated rings. The zero-order valence-corrected chi connectivity index (χ0v) is 21.5. The number of sulfonamides is 1. The number of ether oxygens (including phenoxy) is 1. The molecule has 36 heavy (non-hydrogen) atoms. The van der Waals surface area contributed by atoms with Gasteiger partial charge in [-0.3, -0.25) is 4.79 Å². The van der Waals surface area contributed by atoms with Crippen molar-refractivity contribution in [2.75, 3.05) is 25.5 Å². The maximum atomic E-state index is 13.5. The van der Waals surface area contributed by atoms with Crippen LogP contribution >= 0.6 is 23.2 Å². The second-order valence-corrected chi connectivity index (χ2v) is 10.6. The molecule has 1 aromatic heterocycles. The summed E-state index contributed by atoms with van der Waals surface area (Å²) >= 11 is 12.7. The van der Waals surface area contributed by atoms with Crippen LogP contribution in [0.4, 0.5) is 15.8 Å². The molecule has 1 amide bonds. The molecule has 0 bridgehead atoms. The number of carbonyl (C=O) groups is 1. The molecule has 2 heterocycles. The van der Waals surface area contributed by atoms with E-state index in [9.17, 15) is 17.6 Å². The highest BCUT2D eigenvalue weighted by molar-refractivity contribution is 7.89. The largest absolute Gasteiger partial charge is 0.497 e. The number of piperidine rings is 1. The molecule has 1 aliphatic heterocycles. The van der Waals surface area contributed by atoms with Crippen LogP contribution in [0.3, 0.4) is 0 Å². The Morgan fingerprint density at radius 3 is 2.42 bits per heavy atom. The molecule has 1 saturated heterocycles. The van der Waals surface area contributed by atoms with Crippen molar-refractivity contribution < 1.29 is 22.3 Å². The number of likely N-dealkylation sites (tertiary alicyclic amines) is 1. The number of carbonyl (C=O) groups excluding carboxylic acids is 1. The molecule has 12 heteroatoms. The first kappa shape index (κ1) is 26.2. The normalized spacial score (nSPS) is 14.5. The number of nitrogens with one attached hydrogen (secondary N) is 1. The number of anilines is 2. The number of benzene rings is 2. The number of hydrogen-bond acceptors (Lipinski definition) is 6. The number of amides is 1. The molecule has 4 rings (SSSR count). The summed E-state index contributed by atoms with van der Waals surface area (Å²) in [7, 11) is -2.77. The Labute approximate surface area is 218 Å². The molecule has 190 valence electrons. The molecule has 0 radical (unpaired) electrons. The van der Waals surface area contributed by atoms with Gasteiger partial charge in [-0.05, 0) is 48.6 Å². The minimum atomic E-state index is -4.27. The number of rotatable bonds is 6. The highest BCUT2D eigenvalue weighted by atomic mass is 35.5. The molecule has 8 nitrogen and oxygen atoms in total. The molecule has 2 aromatic carbocycles. The lowest BCUT2D eigenvalue weighted by Gasteiger charge is -2.33. The van der Waals surface area contributed by atoms with Gasteiger partial charge in [0.1, 0.15) is 16.6 Å². The third kappa shape index (κ3) is 5.57. The second-order valence-electron chi connectivity index (χ2n) is 8.30. The molecule has 3 N–H and O–H groups in total. The Balaban J connectivity index is 1.63. The van der Waals surface area contributed by atoms with E-state index in [1.807, 2.05) is 0 Å². The van der Waals surface area contributed by atoms with Gasteiger partial charge >= 0.3 is 0 Å². The number of nitrogens with zero attached hydrogens (tertiary/aromatic N) is 2. The van der Waals surface area contributed by atoms with Crippen molar-refractivity contribution in [3.05, 3.63) is 75.7 Å². The van der Waals surface area contributed by atoms with Crippen molar-refractivity contribution in [2.45, 2.75) is 23.8 Å². The van der Waals surface area contributed by atoms with Gasteiger partial charge in [0.25, 0.3) is 15.9 Å². The van der Waals surface area contributed by atoms with Gasteiger partial charge < -0.3 is 15.0 Å². The predicted molar refractivity (Wildman–Crippen MR) is 136 cm³/mol. The van der Waals surface area contributed by atoms with Crippen LogP contribution in [0.15, 0.2) is 53.7 Å². The number of primary sulfonamides is 1. The van der Waals surface area contributed by atoms with E-state index < -0.39 is 15.0 Å². The molecule has 0 atom stereocenters. The van der Waals surface area contributed by atoms with E-state index in [0.29, 0.717) is 37.4 Å². The van der Waals surface area contributed by atoms with Gasteiger partial charge in [-0.1, -0.05) is 35.3 Å². The molecular weight excluding hydrogens is 530 g/mol. The summed E-state index contributed by atoms with van der Waals surface area (Å²) in [6.45, 7) is 0.885. The van der Waals surface area contributed by atoms with E-state index in [-0.39, 0.29) is 38.9 Å². The monoisotopic (exact) mass is 552 g/mol. The van der Waals surface area contributed by atoms with Crippen LogP contribution in [0.1, 0.15) is 34.7 Å². The molecule has 3 aromatic rings. The first-order valence-electron chi connectivity index (χ1n) is 10.9. The first-order valence-corrected chi connectivity index (χ1v) is 13.2. The van der Waals surface area contributed by atoms with Crippen molar-refractivity contribution in [3.8, 4) is 5.75 Å². The summed E-state index contributed by atoms with van der Waals surface area (Å²) in [5.74, 6) is 0.0273. The Morgan fingerprint density at radius 1 is 1.17 bits per heavy atom. The van der Waals surface area contributed by atoms with Gasteiger partial charge in [0.15, 0.2) is 5.03 Å². The summed E-state index contributed by atoms with van der Waals surface area (Å²) in [6, 6.07) is 11.2. The molecular formula is C24H23Cl2FN4O4S. The zero-order valence-electron chi connectivity index (χ0n) is 19.2. The van der Waals surface area contributed by atoms with Crippen molar-refractivity contribution in [3.63, 3.8) is 0 Å². The van der Waals surface area contributed by atoms with Crippen molar-refractivity contribution in [1.82, 2.24) is 9.88 Å². The minimum Gasteiger partial charge on any atom is -0.497 e. The van der Waals surface area contributed by atoms with Gasteiger partial charge in [0.05, 0.1) is 29.1 Å². The van der Waals surface area contributed by atoms with Crippen LogP contribution in [0.5, 0.6) is 5.75 Å². The summed E-state index contributed by atoms with van der Waals surface area (Å²) in [5, 5.41) is 7.62. The average molecular weight is 553 g/mol. The molecule has 0 aliphatic carbocycles. The van der Waals surface area contributed by atoms with Gasteiger partial charge in [0, 0.05) is 25.4 Å². The fourth-order valence-corrected chi connectivity index (χ4v) is 5.42. The standard InChI is InChI=1S/C24H23Cl2FN4O4S/c1-35-17-6-7-20(19(25)12-17)30-22-18(13-29-23(21(22)26)36(28,33)34)24(32)31-10-8-15(9-11-31)14-2-4-16(27)5-3-14/h2-7,12-13,15H,8-11H2,1H3,(H,29,30)(H2,28,33,34). The maximum Gasteiger partial charge on any atom is 0.257 e. The summed E-state index contributed by atoms with van der Waals surface area (Å²) in [5.41, 5.74) is 1.48. The van der Waals surface area contributed by atoms with Gasteiger partial charge in [-0.15, -0.1) is 0 Å². The number of nitrogens with two attached hydrogens (primary N) is 1. The van der Waals surface area contributed by atoms with Gasteiger partial charge in [0.2, 0.25) is 0 Å². The van der Waals surface area contributed by atoms with E-state index in [0.717, 1.165) is 11.8 Å². The number of methoxy groups -OCH3 is 1. The second kappa shape index (κ2) is 10.6. The third-order valence-corrected chi connectivity index (χ3v) is 7.69.